The fourth-order valence-electron chi connectivity index (χ4n) is 0.987. The van der Waals surface area contributed by atoms with Crippen molar-refractivity contribution in [2.75, 3.05) is 0 Å². The first kappa shape index (κ1) is 14.4. The Hall–Kier alpha value is -1.68. The van der Waals surface area contributed by atoms with E-state index >= 15 is 0 Å². The highest BCUT2D eigenvalue weighted by atomic mass is 19.4. The second-order valence-electron chi connectivity index (χ2n) is 3.32. The summed E-state index contributed by atoms with van der Waals surface area (Å²) in [6.07, 6.45) is -11.8. The zero-order chi connectivity index (χ0) is 14.0. The van der Waals surface area contributed by atoms with Gasteiger partial charge in [-0.15, -0.1) is 0 Å². The van der Waals surface area contributed by atoms with E-state index in [4.69, 9.17) is 5.11 Å². The minimum atomic E-state index is -5.92. The standard InChI is InChI=1S/C11H6F6O/c12-10(13,14)9(18,11(15,16)17)7-6-8-4-2-1-3-5-8/h1-5,18H. The summed E-state index contributed by atoms with van der Waals surface area (Å²) in [7, 11) is 0. The van der Waals surface area contributed by atoms with Crippen molar-refractivity contribution in [3.05, 3.63) is 35.9 Å². The molecule has 0 saturated heterocycles. The van der Waals surface area contributed by atoms with E-state index in [1.54, 1.807) is 5.92 Å². The predicted molar refractivity (Wildman–Crippen MR) is 50.4 cm³/mol. The molecule has 0 saturated carbocycles. The van der Waals surface area contributed by atoms with E-state index < -0.39 is 18.0 Å². The Balaban J connectivity index is 3.22. The van der Waals surface area contributed by atoms with Gasteiger partial charge in [-0.1, -0.05) is 24.1 Å². The van der Waals surface area contributed by atoms with Gasteiger partial charge in [0.25, 0.3) is 0 Å². The summed E-state index contributed by atoms with van der Waals surface area (Å²) in [6, 6.07) is 6.75. The van der Waals surface area contributed by atoms with Crippen LogP contribution >= 0.6 is 0 Å². The molecular formula is C11H6F6O. The zero-order valence-corrected chi connectivity index (χ0v) is 8.60. The lowest BCUT2D eigenvalue weighted by Crippen LogP contribution is -2.55. The molecule has 0 aliphatic rings. The maximum absolute atomic E-state index is 12.2. The number of alkyl halides is 6. The molecule has 0 bridgehead atoms. The van der Waals surface area contributed by atoms with Crippen LogP contribution in [0, 0.1) is 11.8 Å². The number of benzene rings is 1. The molecule has 18 heavy (non-hydrogen) atoms. The SMILES string of the molecule is OC(C#Cc1ccccc1)(C(F)(F)F)C(F)(F)F. The maximum atomic E-state index is 12.2. The van der Waals surface area contributed by atoms with Crippen molar-refractivity contribution in [1.82, 2.24) is 0 Å². The third-order valence-electron chi connectivity index (χ3n) is 1.98. The molecule has 1 N–H and O–H groups in total. The Morgan fingerprint density at radius 2 is 1.28 bits per heavy atom. The van der Waals surface area contributed by atoms with Gasteiger partial charge in [0.05, 0.1) is 0 Å². The lowest BCUT2D eigenvalue weighted by Gasteiger charge is -2.27. The van der Waals surface area contributed by atoms with Gasteiger partial charge < -0.3 is 5.11 Å². The second-order valence-corrected chi connectivity index (χ2v) is 3.32. The lowest BCUT2D eigenvalue weighted by atomic mass is 10.0. The van der Waals surface area contributed by atoms with Crippen LogP contribution in [0.1, 0.15) is 5.56 Å². The number of aliphatic hydroxyl groups is 1. The fourth-order valence-corrected chi connectivity index (χ4v) is 0.987. The van der Waals surface area contributed by atoms with Crippen LogP contribution in [0.2, 0.25) is 0 Å². The van der Waals surface area contributed by atoms with Gasteiger partial charge in [0.15, 0.2) is 0 Å². The molecule has 1 rings (SSSR count). The highest BCUT2D eigenvalue weighted by Crippen LogP contribution is 2.42. The molecule has 0 atom stereocenters. The van der Waals surface area contributed by atoms with Crippen LogP contribution in [0.15, 0.2) is 30.3 Å². The van der Waals surface area contributed by atoms with Gasteiger partial charge in [-0.25, -0.2) is 0 Å². The molecule has 7 heteroatoms. The molecule has 98 valence electrons. The summed E-state index contributed by atoms with van der Waals surface area (Å²) in [5.41, 5.74) is -5.10. The summed E-state index contributed by atoms with van der Waals surface area (Å²) in [5.74, 6) is 2.51. The quantitative estimate of drug-likeness (QED) is 0.566. The van der Waals surface area contributed by atoms with E-state index in [0.29, 0.717) is 0 Å². The predicted octanol–water partition coefficient (Wildman–Crippen LogP) is 2.89. The van der Waals surface area contributed by atoms with Gasteiger partial charge in [0.1, 0.15) is 0 Å². The third-order valence-corrected chi connectivity index (χ3v) is 1.98. The van der Waals surface area contributed by atoms with Crippen molar-refractivity contribution in [2.45, 2.75) is 18.0 Å². The minimum Gasteiger partial charge on any atom is -0.363 e. The van der Waals surface area contributed by atoms with Gasteiger partial charge in [0.2, 0.25) is 0 Å². The Kier molecular flexibility index (Phi) is 3.62. The van der Waals surface area contributed by atoms with Gasteiger partial charge in [0, 0.05) is 5.56 Å². The van der Waals surface area contributed by atoms with Crippen molar-refractivity contribution in [3.8, 4) is 11.8 Å². The Morgan fingerprint density at radius 1 is 0.833 bits per heavy atom. The highest BCUT2D eigenvalue weighted by Gasteiger charge is 2.70. The van der Waals surface area contributed by atoms with Crippen LogP contribution in [0.3, 0.4) is 0 Å². The number of hydrogen-bond donors (Lipinski definition) is 1. The van der Waals surface area contributed by atoms with E-state index in [9.17, 15) is 26.3 Å². The molecule has 0 spiro atoms. The third kappa shape index (κ3) is 2.76. The van der Waals surface area contributed by atoms with Gasteiger partial charge in [-0.2, -0.15) is 26.3 Å². The molecule has 0 aliphatic heterocycles. The first-order chi connectivity index (χ1) is 8.08. The minimum absolute atomic E-state index is 0.0653. The van der Waals surface area contributed by atoms with Crippen molar-refractivity contribution in [2.24, 2.45) is 0 Å². The lowest BCUT2D eigenvalue weighted by molar-refractivity contribution is -0.343. The van der Waals surface area contributed by atoms with Gasteiger partial charge in [-0.3, -0.25) is 0 Å². The number of hydrogen-bond acceptors (Lipinski definition) is 1. The van der Waals surface area contributed by atoms with E-state index in [1.165, 1.54) is 30.3 Å². The van der Waals surface area contributed by atoms with Crippen LogP contribution < -0.4 is 0 Å². The van der Waals surface area contributed by atoms with E-state index in [-0.39, 0.29) is 5.56 Å². The average Bonchev–Trinajstić information content (AvgIpc) is 2.24. The monoisotopic (exact) mass is 268 g/mol. The summed E-state index contributed by atoms with van der Waals surface area (Å²) in [6.45, 7) is 0. The van der Waals surface area contributed by atoms with Crippen LogP contribution in [0.25, 0.3) is 0 Å². The molecule has 0 fully saturated rings. The molecule has 0 radical (unpaired) electrons. The van der Waals surface area contributed by atoms with Crippen molar-refractivity contribution in [3.63, 3.8) is 0 Å². The highest BCUT2D eigenvalue weighted by molar-refractivity contribution is 5.37. The summed E-state index contributed by atoms with van der Waals surface area (Å²) < 4.78 is 73.4. The topological polar surface area (TPSA) is 20.2 Å². The maximum Gasteiger partial charge on any atom is 0.438 e. The summed E-state index contributed by atoms with van der Waals surface area (Å²) in [5, 5.41) is 8.72. The average molecular weight is 268 g/mol. The first-order valence-corrected chi connectivity index (χ1v) is 4.52. The van der Waals surface area contributed by atoms with E-state index in [2.05, 4.69) is 0 Å². The van der Waals surface area contributed by atoms with Crippen LogP contribution in [-0.2, 0) is 0 Å². The zero-order valence-electron chi connectivity index (χ0n) is 8.60. The van der Waals surface area contributed by atoms with Gasteiger partial charge in [-0.05, 0) is 18.1 Å². The van der Waals surface area contributed by atoms with Crippen LogP contribution in [0.5, 0.6) is 0 Å². The summed E-state index contributed by atoms with van der Waals surface area (Å²) >= 11 is 0. The molecule has 0 aromatic heterocycles. The smallest absolute Gasteiger partial charge is 0.363 e. The Bertz CT molecular complexity index is 448. The number of halogens is 6. The molecule has 1 nitrogen and oxygen atoms in total. The number of rotatable bonds is 0. The van der Waals surface area contributed by atoms with E-state index in [1.807, 2.05) is 0 Å². The summed E-state index contributed by atoms with van der Waals surface area (Å²) in [4.78, 5) is 0. The van der Waals surface area contributed by atoms with Gasteiger partial charge >= 0.3 is 18.0 Å². The van der Waals surface area contributed by atoms with E-state index in [0.717, 1.165) is 5.92 Å². The molecule has 0 amide bonds. The van der Waals surface area contributed by atoms with Crippen LogP contribution in [-0.4, -0.2) is 23.1 Å². The molecule has 0 aliphatic carbocycles. The fraction of sp³-hybridized carbons (Fsp3) is 0.273. The van der Waals surface area contributed by atoms with Crippen molar-refractivity contribution >= 4 is 0 Å². The molecule has 0 unspecified atom stereocenters. The first-order valence-electron chi connectivity index (χ1n) is 4.52. The Morgan fingerprint density at radius 3 is 1.67 bits per heavy atom. The molecule has 1 aromatic carbocycles. The molecule has 1 aromatic rings. The van der Waals surface area contributed by atoms with Crippen LogP contribution in [0.4, 0.5) is 26.3 Å². The second kappa shape index (κ2) is 4.53. The van der Waals surface area contributed by atoms with Crippen molar-refractivity contribution < 1.29 is 31.4 Å². The normalized spacial score (nSPS) is 12.8. The van der Waals surface area contributed by atoms with Crippen molar-refractivity contribution in [1.29, 1.82) is 0 Å². The molecule has 0 heterocycles. The Labute approximate surface area is 98.0 Å². The molecular weight excluding hydrogens is 262 g/mol. The largest absolute Gasteiger partial charge is 0.438 e.